The zero-order chi connectivity index (χ0) is 7.84. The van der Waals surface area contributed by atoms with E-state index in [1.54, 1.807) is 0 Å². The fraction of sp³-hybridized carbons (Fsp3) is 0.571. The van der Waals surface area contributed by atoms with Crippen LogP contribution in [0.3, 0.4) is 0 Å². The smallest absolute Gasteiger partial charge is 0.271 e. The predicted octanol–water partition coefficient (Wildman–Crippen LogP) is 1.94. The number of hydrogen-bond donors (Lipinski definition) is 1. The van der Waals surface area contributed by atoms with Crippen molar-refractivity contribution < 1.29 is 5.11 Å². The van der Waals surface area contributed by atoms with Crippen molar-refractivity contribution in [1.29, 1.82) is 0 Å². The molecule has 0 saturated carbocycles. The van der Waals surface area contributed by atoms with Gasteiger partial charge in [0.15, 0.2) is 0 Å². The third kappa shape index (κ3) is 1.35. The molecule has 0 saturated heterocycles. The molecule has 1 aliphatic rings. The molecule has 1 atom stereocenters. The third-order valence-corrected chi connectivity index (χ3v) is 3.16. The van der Waals surface area contributed by atoms with Crippen LogP contribution in [-0.2, 0) is 12.8 Å². The van der Waals surface area contributed by atoms with E-state index < -0.39 is 0 Å². The van der Waals surface area contributed by atoms with Crippen molar-refractivity contribution in [3.63, 3.8) is 0 Å². The van der Waals surface area contributed by atoms with Crippen molar-refractivity contribution in [3.8, 4) is 5.19 Å². The highest BCUT2D eigenvalue weighted by atomic mass is 35.5. The fourth-order valence-corrected chi connectivity index (χ4v) is 2.60. The van der Waals surface area contributed by atoms with Crippen molar-refractivity contribution >= 4 is 22.9 Å². The van der Waals surface area contributed by atoms with Crippen LogP contribution in [0.15, 0.2) is 0 Å². The zero-order valence-corrected chi connectivity index (χ0v) is 7.45. The van der Waals surface area contributed by atoms with Gasteiger partial charge in [-0.15, -0.1) is 11.6 Å². The van der Waals surface area contributed by atoms with Crippen LogP contribution < -0.4 is 0 Å². The second-order valence-electron chi connectivity index (χ2n) is 2.71. The Balaban J connectivity index is 2.34. The first kappa shape index (κ1) is 7.37. The maximum atomic E-state index is 9.07. The van der Waals surface area contributed by atoms with E-state index in [9.17, 15) is 0 Å². The molecule has 1 heterocycles. The molecule has 0 spiro atoms. The second-order valence-corrected chi connectivity index (χ2v) is 4.39. The highest BCUT2D eigenvalue weighted by molar-refractivity contribution is 7.13. The number of rotatable bonds is 0. The van der Waals surface area contributed by atoms with Crippen molar-refractivity contribution in [3.05, 3.63) is 10.6 Å². The highest BCUT2D eigenvalue weighted by Crippen LogP contribution is 2.31. The van der Waals surface area contributed by atoms with E-state index in [-0.39, 0.29) is 10.6 Å². The first-order valence-electron chi connectivity index (χ1n) is 3.57. The summed E-state index contributed by atoms with van der Waals surface area (Å²) in [6.45, 7) is 0. The quantitative estimate of drug-likeness (QED) is 0.633. The molecule has 0 fully saturated rings. The van der Waals surface area contributed by atoms with Gasteiger partial charge in [-0.3, -0.25) is 0 Å². The van der Waals surface area contributed by atoms with Crippen molar-refractivity contribution in [2.24, 2.45) is 0 Å². The molecule has 0 bridgehead atoms. The standard InChI is InChI=1S/C7H8ClNOS/c8-4-1-2-5-6(3-4)11-7(10)9-5/h4H,1-3H2,(H,9,10). The maximum Gasteiger partial charge on any atom is 0.271 e. The Morgan fingerprint density at radius 3 is 3.27 bits per heavy atom. The van der Waals surface area contributed by atoms with Crippen LogP contribution in [0.25, 0.3) is 0 Å². The van der Waals surface area contributed by atoms with Crippen molar-refractivity contribution in [2.45, 2.75) is 24.6 Å². The Hall–Kier alpha value is -0.280. The average molecular weight is 190 g/mol. The number of halogens is 1. The molecule has 0 aromatic carbocycles. The van der Waals surface area contributed by atoms with Crippen molar-refractivity contribution in [1.82, 2.24) is 4.98 Å². The first-order chi connectivity index (χ1) is 5.25. The fourth-order valence-electron chi connectivity index (χ4n) is 1.32. The lowest BCUT2D eigenvalue weighted by Crippen LogP contribution is -2.11. The minimum absolute atomic E-state index is 0.181. The molecule has 1 aliphatic carbocycles. The largest absolute Gasteiger partial charge is 0.486 e. The van der Waals surface area contributed by atoms with Gasteiger partial charge >= 0.3 is 0 Å². The molecule has 4 heteroatoms. The van der Waals surface area contributed by atoms with Gasteiger partial charge in [0.05, 0.1) is 5.69 Å². The molecule has 0 amide bonds. The number of fused-ring (bicyclic) bond motifs is 1. The van der Waals surface area contributed by atoms with E-state index in [2.05, 4.69) is 4.98 Å². The highest BCUT2D eigenvalue weighted by Gasteiger charge is 2.20. The summed E-state index contributed by atoms with van der Waals surface area (Å²) in [6.07, 6.45) is 2.77. The normalized spacial score (nSPS) is 23.2. The Bertz CT molecular complexity index is 273. The molecular formula is C7H8ClNOS. The van der Waals surface area contributed by atoms with Crippen LogP contribution >= 0.6 is 22.9 Å². The Morgan fingerprint density at radius 1 is 1.64 bits per heavy atom. The summed E-state index contributed by atoms with van der Waals surface area (Å²) >= 11 is 7.30. The van der Waals surface area contributed by atoms with Gasteiger partial charge in [0, 0.05) is 16.7 Å². The summed E-state index contributed by atoms with van der Waals surface area (Å²) in [4.78, 5) is 5.16. The van der Waals surface area contributed by atoms with Gasteiger partial charge in [0.25, 0.3) is 5.19 Å². The molecule has 11 heavy (non-hydrogen) atoms. The van der Waals surface area contributed by atoms with Gasteiger partial charge in [0.1, 0.15) is 0 Å². The van der Waals surface area contributed by atoms with Crippen LogP contribution in [0.1, 0.15) is 17.0 Å². The maximum absolute atomic E-state index is 9.07. The molecule has 0 radical (unpaired) electrons. The van der Waals surface area contributed by atoms with Crippen LogP contribution in [0.5, 0.6) is 5.19 Å². The predicted molar refractivity (Wildman–Crippen MR) is 45.4 cm³/mol. The SMILES string of the molecule is Oc1nc2c(s1)CC(Cl)CC2. The molecule has 60 valence electrons. The summed E-state index contributed by atoms with van der Waals surface area (Å²) < 4.78 is 0. The topological polar surface area (TPSA) is 33.1 Å². The molecule has 0 aliphatic heterocycles. The van der Waals surface area contributed by atoms with E-state index in [0.717, 1.165) is 29.8 Å². The summed E-state index contributed by atoms with van der Waals surface area (Å²) in [5.41, 5.74) is 1.05. The van der Waals surface area contributed by atoms with E-state index in [1.807, 2.05) is 0 Å². The molecule has 1 N–H and O–H groups in total. The molecule has 2 rings (SSSR count). The number of aromatic nitrogens is 1. The van der Waals surface area contributed by atoms with Crippen LogP contribution in [0, 0.1) is 0 Å². The summed E-state index contributed by atoms with van der Waals surface area (Å²) in [5, 5.41) is 9.49. The lowest BCUT2D eigenvalue weighted by atomic mass is 10.0. The van der Waals surface area contributed by atoms with Gasteiger partial charge in [-0.2, -0.15) is 0 Å². The number of thiazole rings is 1. The first-order valence-corrected chi connectivity index (χ1v) is 4.82. The molecular weight excluding hydrogens is 182 g/mol. The van der Waals surface area contributed by atoms with Crippen LogP contribution in [0.4, 0.5) is 0 Å². The lowest BCUT2D eigenvalue weighted by Gasteiger charge is -2.13. The minimum atomic E-state index is 0.181. The van der Waals surface area contributed by atoms with Crippen molar-refractivity contribution in [2.75, 3.05) is 0 Å². The van der Waals surface area contributed by atoms with Crippen LogP contribution in [-0.4, -0.2) is 15.5 Å². The molecule has 1 aromatic heterocycles. The van der Waals surface area contributed by atoms with Gasteiger partial charge in [0.2, 0.25) is 0 Å². The lowest BCUT2D eigenvalue weighted by molar-refractivity contribution is 0.468. The third-order valence-electron chi connectivity index (χ3n) is 1.87. The Labute approximate surface area is 73.8 Å². The summed E-state index contributed by atoms with van der Waals surface area (Å²) in [6, 6.07) is 0. The van der Waals surface area contributed by atoms with E-state index in [0.29, 0.717) is 0 Å². The number of aromatic hydroxyl groups is 1. The zero-order valence-electron chi connectivity index (χ0n) is 5.88. The van der Waals surface area contributed by atoms with E-state index in [4.69, 9.17) is 16.7 Å². The number of alkyl halides is 1. The molecule has 1 unspecified atom stereocenters. The van der Waals surface area contributed by atoms with E-state index >= 15 is 0 Å². The number of nitrogens with zero attached hydrogens (tertiary/aromatic N) is 1. The monoisotopic (exact) mass is 189 g/mol. The Kier molecular flexibility index (Phi) is 1.77. The molecule has 2 nitrogen and oxygen atoms in total. The number of aryl methyl sites for hydroxylation is 1. The number of hydrogen-bond acceptors (Lipinski definition) is 3. The minimum Gasteiger partial charge on any atom is -0.486 e. The Morgan fingerprint density at radius 2 is 2.45 bits per heavy atom. The van der Waals surface area contributed by atoms with Crippen LogP contribution in [0.2, 0.25) is 0 Å². The van der Waals surface area contributed by atoms with Gasteiger partial charge in [-0.25, -0.2) is 4.98 Å². The van der Waals surface area contributed by atoms with Gasteiger partial charge < -0.3 is 5.11 Å². The molecule has 1 aromatic rings. The summed E-state index contributed by atoms with van der Waals surface area (Å²) in [7, 11) is 0. The van der Waals surface area contributed by atoms with Gasteiger partial charge in [-0.1, -0.05) is 11.3 Å². The average Bonchev–Trinajstić information content (AvgIpc) is 2.27. The summed E-state index contributed by atoms with van der Waals surface area (Å²) in [5.74, 6) is 0. The second kappa shape index (κ2) is 2.64. The van der Waals surface area contributed by atoms with Gasteiger partial charge in [-0.05, 0) is 12.8 Å². The van der Waals surface area contributed by atoms with E-state index in [1.165, 1.54) is 11.3 Å².